The number of aromatic nitrogens is 1. The van der Waals surface area contributed by atoms with Gasteiger partial charge in [0, 0.05) is 17.0 Å². The van der Waals surface area contributed by atoms with Crippen molar-refractivity contribution in [1.29, 1.82) is 0 Å². The van der Waals surface area contributed by atoms with E-state index in [0.717, 1.165) is 32.3 Å². The van der Waals surface area contributed by atoms with Gasteiger partial charge in [-0.2, -0.15) is 0 Å². The summed E-state index contributed by atoms with van der Waals surface area (Å²) in [6.07, 6.45) is 0.550. The van der Waals surface area contributed by atoms with E-state index in [1.54, 1.807) is 24.3 Å². The number of benzene rings is 2. The van der Waals surface area contributed by atoms with Crippen LogP contribution in [0.3, 0.4) is 0 Å². The Kier molecular flexibility index (Phi) is 5.74. The van der Waals surface area contributed by atoms with Gasteiger partial charge < -0.3 is 0 Å². The zero-order valence-electron chi connectivity index (χ0n) is 15.4. The normalized spacial score (nSPS) is 11.7. The van der Waals surface area contributed by atoms with Crippen LogP contribution in [0.2, 0.25) is 0 Å². The molecule has 0 aliphatic carbocycles. The molecule has 0 unspecified atom stereocenters. The molecule has 2 aromatic carbocycles. The Morgan fingerprint density at radius 3 is 2.41 bits per heavy atom. The van der Waals surface area contributed by atoms with E-state index in [4.69, 9.17) is 0 Å². The highest BCUT2D eigenvalue weighted by Gasteiger charge is 2.15. The number of halogens is 1. The Morgan fingerprint density at radius 2 is 1.74 bits per heavy atom. The summed E-state index contributed by atoms with van der Waals surface area (Å²) in [5, 5.41) is 0.805. The van der Waals surface area contributed by atoms with E-state index in [1.807, 2.05) is 26.8 Å². The fourth-order valence-corrected chi connectivity index (χ4v) is 4.82. The molecule has 27 heavy (non-hydrogen) atoms. The summed E-state index contributed by atoms with van der Waals surface area (Å²) in [5.41, 5.74) is 3.72. The largest absolute Gasteiger partial charge is 0.241 e. The van der Waals surface area contributed by atoms with Crippen LogP contribution in [0.15, 0.2) is 47.4 Å². The molecule has 7 heteroatoms. The molecule has 0 aliphatic rings. The van der Waals surface area contributed by atoms with Crippen molar-refractivity contribution in [1.82, 2.24) is 9.71 Å². The number of nitrogens with zero attached hydrogens (tertiary/aromatic N) is 1. The maximum Gasteiger partial charge on any atom is 0.240 e. The summed E-state index contributed by atoms with van der Waals surface area (Å²) in [6.45, 7) is 6.04. The molecule has 0 amide bonds. The van der Waals surface area contributed by atoms with Crippen LogP contribution in [0.4, 0.5) is 4.39 Å². The minimum atomic E-state index is -3.54. The van der Waals surface area contributed by atoms with Crippen LogP contribution < -0.4 is 4.72 Å². The lowest BCUT2D eigenvalue weighted by molar-refractivity contribution is 0.581. The third-order valence-electron chi connectivity index (χ3n) is 4.42. The van der Waals surface area contributed by atoms with Crippen molar-refractivity contribution in [3.8, 4) is 10.6 Å². The summed E-state index contributed by atoms with van der Waals surface area (Å²) in [7, 11) is -3.54. The number of hydrogen-bond donors (Lipinski definition) is 1. The standard InChI is InChI=1S/C20H21FN2O2S2/c1-13-4-9-18(12-14(13)2)27(24,25)22-11-10-19-15(3)23-20(26-19)16-5-7-17(21)8-6-16/h4-9,12,22H,10-11H2,1-3H3. The van der Waals surface area contributed by atoms with Gasteiger partial charge in [0.1, 0.15) is 10.8 Å². The van der Waals surface area contributed by atoms with Crippen LogP contribution in [-0.4, -0.2) is 19.9 Å². The molecule has 1 heterocycles. The summed E-state index contributed by atoms with van der Waals surface area (Å²) >= 11 is 1.50. The number of sulfonamides is 1. The quantitative estimate of drug-likeness (QED) is 0.663. The summed E-state index contributed by atoms with van der Waals surface area (Å²) in [4.78, 5) is 5.81. The molecule has 1 aromatic heterocycles. The van der Waals surface area contributed by atoms with Crippen molar-refractivity contribution < 1.29 is 12.8 Å². The second-order valence-electron chi connectivity index (χ2n) is 6.43. The Labute approximate surface area is 163 Å². The monoisotopic (exact) mass is 404 g/mol. The third kappa shape index (κ3) is 4.61. The first kappa shape index (κ1) is 19.7. The topological polar surface area (TPSA) is 59.1 Å². The summed E-state index contributed by atoms with van der Waals surface area (Å²) in [6, 6.07) is 11.3. The van der Waals surface area contributed by atoms with Gasteiger partial charge in [-0.15, -0.1) is 11.3 Å². The van der Waals surface area contributed by atoms with Crippen molar-refractivity contribution in [2.24, 2.45) is 0 Å². The molecule has 0 bridgehead atoms. The molecule has 0 fully saturated rings. The highest BCUT2D eigenvalue weighted by atomic mass is 32.2. The average Bonchev–Trinajstić information content (AvgIpc) is 2.98. The highest BCUT2D eigenvalue weighted by molar-refractivity contribution is 7.89. The maximum atomic E-state index is 13.1. The zero-order chi connectivity index (χ0) is 19.6. The van der Waals surface area contributed by atoms with Crippen molar-refractivity contribution in [2.45, 2.75) is 32.1 Å². The third-order valence-corrected chi connectivity index (χ3v) is 7.14. The van der Waals surface area contributed by atoms with Crippen LogP contribution in [0.25, 0.3) is 10.6 Å². The van der Waals surface area contributed by atoms with Crippen LogP contribution >= 0.6 is 11.3 Å². The lowest BCUT2D eigenvalue weighted by atomic mass is 10.1. The van der Waals surface area contributed by atoms with Gasteiger partial charge in [0.05, 0.1) is 10.6 Å². The lowest BCUT2D eigenvalue weighted by Crippen LogP contribution is -2.26. The fraction of sp³-hybridized carbons (Fsp3) is 0.250. The van der Waals surface area contributed by atoms with Gasteiger partial charge >= 0.3 is 0 Å². The molecule has 0 atom stereocenters. The first-order chi connectivity index (χ1) is 12.8. The predicted molar refractivity (Wildman–Crippen MR) is 107 cm³/mol. The molecule has 3 rings (SSSR count). The Morgan fingerprint density at radius 1 is 1.04 bits per heavy atom. The number of thiazole rings is 1. The van der Waals surface area contributed by atoms with Crippen LogP contribution in [-0.2, 0) is 16.4 Å². The van der Waals surface area contributed by atoms with Gasteiger partial charge in [-0.3, -0.25) is 0 Å². The van der Waals surface area contributed by atoms with E-state index in [9.17, 15) is 12.8 Å². The number of aryl methyl sites for hydroxylation is 3. The maximum absolute atomic E-state index is 13.1. The van der Waals surface area contributed by atoms with Crippen molar-refractivity contribution in [3.05, 3.63) is 70.0 Å². The molecule has 0 spiro atoms. The van der Waals surface area contributed by atoms with Crippen LogP contribution in [0, 0.1) is 26.6 Å². The van der Waals surface area contributed by atoms with Gasteiger partial charge in [0.2, 0.25) is 10.0 Å². The van der Waals surface area contributed by atoms with E-state index in [-0.39, 0.29) is 10.7 Å². The minimum Gasteiger partial charge on any atom is -0.241 e. The van der Waals surface area contributed by atoms with E-state index < -0.39 is 10.0 Å². The zero-order valence-corrected chi connectivity index (χ0v) is 17.0. The smallest absolute Gasteiger partial charge is 0.240 e. The number of hydrogen-bond acceptors (Lipinski definition) is 4. The van der Waals surface area contributed by atoms with E-state index in [0.29, 0.717) is 13.0 Å². The van der Waals surface area contributed by atoms with Crippen molar-refractivity contribution in [3.63, 3.8) is 0 Å². The van der Waals surface area contributed by atoms with Gasteiger partial charge in [0.25, 0.3) is 0 Å². The van der Waals surface area contributed by atoms with Gasteiger partial charge in [-0.1, -0.05) is 6.07 Å². The second-order valence-corrected chi connectivity index (χ2v) is 9.28. The minimum absolute atomic E-state index is 0.277. The SMILES string of the molecule is Cc1ccc(S(=O)(=O)NCCc2sc(-c3ccc(F)cc3)nc2C)cc1C. The highest BCUT2D eigenvalue weighted by Crippen LogP contribution is 2.28. The summed E-state index contributed by atoms with van der Waals surface area (Å²) < 4.78 is 40.7. The Balaban J connectivity index is 1.68. The molecule has 3 aromatic rings. The molecule has 142 valence electrons. The Bertz CT molecular complexity index is 1060. The van der Waals surface area contributed by atoms with Crippen LogP contribution in [0.5, 0.6) is 0 Å². The van der Waals surface area contributed by atoms with Gasteiger partial charge in [-0.05, 0) is 74.7 Å². The predicted octanol–water partition coefficient (Wildman–Crippen LogP) is 4.40. The molecule has 4 nitrogen and oxygen atoms in total. The first-order valence-corrected chi connectivity index (χ1v) is 10.9. The molecule has 0 aliphatic heterocycles. The molecule has 1 N–H and O–H groups in total. The lowest BCUT2D eigenvalue weighted by Gasteiger charge is -2.08. The first-order valence-electron chi connectivity index (χ1n) is 8.55. The molecule has 0 saturated heterocycles. The van der Waals surface area contributed by atoms with Gasteiger partial charge in [-0.25, -0.2) is 22.5 Å². The fourth-order valence-electron chi connectivity index (χ4n) is 2.64. The Hall–Kier alpha value is -2.09. The van der Waals surface area contributed by atoms with E-state index in [2.05, 4.69) is 9.71 Å². The summed E-state index contributed by atoms with van der Waals surface area (Å²) in [5.74, 6) is -0.284. The van der Waals surface area contributed by atoms with Crippen LogP contribution in [0.1, 0.15) is 21.7 Å². The van der Waals surface area contributed by atoms with E-state index >= 15 is 0 Å². The number of nitrogens with one attached hydrogen (secondary N) is 1. The number of rotatable bonds is 6. The second kappa shape index (κ2) is 7.88. The molecular weight excluding hydrogens is 383 g/mol. The van der Waals surface area contributed by atoms with E-state index in [1.165, 1.54) is 23.5 Å². The molecular formula is C20H21FN2O2S2. The van der Waals surface area contributed by atoms with Crippen molar-refractivity contribution >= 4 is 21.4 Å². The molecule has 0 radical (unpaired) electrons. The average molecular weight is 405 g/mol. The van der Waals surface area contributed by atoms with Crippen molar-refractivity contribution in [2.75, 3.05) is 6.54 Å². The van der Waals surface area contributed by atoms with Gasteiger partial charge in [0.15, 0.2) is 0 Å². The molecule has 0 saturated carbocycles.